The van der Waals surface area contributed by atoms with Crippen molar-refractivity contribution in [2.45, 2.75) is 25.1 Å². The Bertz CT molecular complexity index is 478. The van der Waals surface area contributed by atoms with Gasteiger partial charge >= 0.3 is 18.1 Å². The zero-order valence-corrected chi connectivity index (χ0v) is 10.9. The molecule has 0 aliphatic heterocycles. The number of halogens is 6. The molecular formula is C11H11ClF5NO2. The molecule has 0 saturated heterocycles. The summed E-state index contributed by atoms with van der Waals surface area (Å²) in [6.07, 6.45) is -5.76. The van der Waals surface area contributed by atoms with E-state index in [0.717, 1.165) is 19.1 Å². The third kappa shape index (κ3) is 4.04. The molecule has 0 aromatic heterocycles. The van der Waals surface area contributed by atoms with Crippen molar-refractivity contribution in [1.29, 1.82) is 0 Å². The number of alkyl halides is 5. The van der Waals surface area contributed by atoms with Crippen LogP contribution in [0.25, 0.3) is 0 Å². The number of nitrogens with two attached hydrogens (primary N) is 1. The van der Waals surface area contributed by atoms with Gasteiger partial charge in [-0.25, -0.2) is 0 Å². The van der Waals surface area contributed by atoms with Gasteiger partial charge in [-0.05, 0) is 17.7 Å². The first-order valence-electron chi connectivity index (χ1n) is 5.04. The predicted octanol–water partition coefficient (Wildman–Crippen LogP) is 3.23. The maximum Gasteiger partial charge on any atom is 0.455 e. The minimum atomic E-state index is -5.76. The Morgan fingerprint density at radius 1 is 1.25 bits per heavy atom. The van der Waals surface area contributed by atoms with Crippen LogP contribution in [-0.4, -0.2) is 18.1 Å². The van der Waals surface area contributed by atoms with Crippen molar-refractivity contribution < 1.29 is 31.5 Å². The predicted molar refractivity (Wildman–Crippen MR) is 62.9 cm³/mol. The zero-order valence-electron chi connectivity index (χ0n) is 10.1. The van der Waals surface area contributed by atoms with E-state index in [1.807, 2.05) is 0 Å². The van der Waals surface area contributed by atoms with Gasteiger partial charge in [0.25, 0.3) is 0 Å². The first-order chi connectivity index (χ1) is 8.55. The maximum absolute atomic E-state index is 13.0. The second kappa shape index (κ2) is 6.36. The lowest BCUT2D eigenvalue weighted by molar-refractivity contribution is -0.291. The largest absolute Gasteiger partial charge is 0.455 e. The molecule has 0 radical (unpaired) electrons. The van der Waals surface area contributed by atoms with Crippen LogP contribution in [0.1, 0.15) is 18.5 Å². The number of hydrogen-bond acceptors (Lipinski definition) is 3. The van der Waals surface area contributed by atoms with E-state index >= 15 is 0 Å². The van der Waals surface area contributed by atoms with Crippen LogP contribution in [0.4, 0.5) is 22.0 Å². The number of carbonyl (C=O) groups is 1. The lowest BCUT2D eigenvalue weighted by Crippen LogP contribution is -2.45. The van der Waals surface area contributed by atoms with Gasteiger partial charge in [0.2, 0.25) is 0 Å². The highest BCUT2D eigenvalue weighted by Gasteiger charge is 2.61. The van der Waals surface area contributed by atoms with Gasteiger partial charge in [0, 0.05) is 6.92 Å². The highest BCUT2D eigenvalue weighted by molar-refractivity contribution is 5.85. The van der Waals surface area contributed by atoms with Gasteiger partial charge in [-0.15, -0.1) is 12.4 Å². The quantitative estimate of drug-likeness (QED) is 0.529. The average Bonchev–Trinajstić information content (AvgIpc) is 2.25. The second-order valence-corrected chi connectivity index (χ2v) is 3.76. The Morgan fingerprint density at radius 3 is 2.25 bits per heavy atom. The van der Waals surface area contributed by atoms with Crippen molar-refractivity contribution >= 4 is 18.4 Å². The molecule has 114 valence electrons. The molecule has 1 atom stereocenters. The monoisotopic (exact) mass is 319 g/mol. The van der Waals surface area contributed by atoms with Crippen molar-refractivity contribution in [3.63, 3.8) is 0 Å². The summed E-state index contributed by atoms with van der Waals surface area (Å²) in [6.45, 7) is 1.07. The molecule has 1 aromatic carbocycles. The fraction of sp³-hybridized carbons (Fsp3) is 0.364. The van der Waals surface area contributed by atoms with E-state index in [1.54, 1.807) is 0 Å². The molecule has 0 aliphatic rings. The van der Waals surface area contributed by atoms with Crippen LogP contribution < -0.4 is 10.5 Å². The third-order valence-corrected chi connectivity index (χ3v) is 2.25. The van der Waals surface area contributed by atoms with Gasteiger partial charge in [0.15, 0.2) is 0 Å². The van der Waals surface area contributed by atoms with Gasteiger partial charge in [-0.3, -0.25) is 4.79 Å². The third-order valence-electron chi connectivity index (χ3n) is 2.25. The highest BCUT2D eigenvalue weighted by Crippen LogP contribution is 2.43. The smallest absolute Gasteiger partial charge is 0.427 e. The molecule has 0 heterocycles. The van der Waals surface area contributed by atoms with Crippen LogP contribution in [0, 0.1) is 0 Å². The number of carbonyl (C=O) groups excluding carboxylic acids is 1. The standard InChI is InChI=1S/C11H10F5NO2.ClH/c1-6(18)19-8-4-2-3-7(5-8)9(17)10(12,13)11(14,15)16;/h2-5,9H,17H2,1H3;1H/t9-;/m0./s1. The highest BCUT2D eigenvalue weighted by atomic mass is 35.5. The topological polar surface area (TPSA) is 52.3 Å². The summed E-state index contributed by atoms with van der Waals surface area (Å²) in [7, 11) is 0. The summed E-state index contributed by atoms with van der Waals surface area (Å²) in [4.78, 5) is 10.7. The fourth-order valence-corrected chi connectivity index (χ4v) is 1.32. The van der Waals surface area contributed by atoms with Gasteiger partial charge < -0.3 is 10.5 Å². The number of esters is 1. The van der Waals surface area contributed by atoms with Crippen LogP contribution in [-0.2, 0) is 4.79 Å². The second-order valence-electron chi connectivity index (χ2n) is 3.76. The van der Waals surface area contributed by atoms with E-state index in [-0.39, 0.29) is 18.2 Å². The SMILES string of the molecule is CC(=O)Oc1cccc([C@H](N)C(F)(F)C(F)(F)F)c1.Cl. The molecule has 1 rings (SSSR count). The van der Waals surface area contributed by atoms with Crippen molar-refractivity contribution in [3.8, 4) is 5.75 Å². The minimum absolute atomic E-state index is 0. The first-order valence-corrected chi connectivity index (χ1v) is 5.04. The number of rotatable bonds is 3. The van der Waals surface area contributed by atoms with Crippen LogP contribution in [0.15, 0.2) is 24.3 Å². The van der Waals surface area contributed by atoms with Crippen LogP contribution in [0.5, 0.6) is 5.75 Å². The summed E-state index contributed by atoms with van der Waals surface area (Å²) < 4.78 is 67.2. The Labute approximate surface area is 117 Å². The van der Waals surface area contributed by atoms with Gasteiger partial charge in [0.1, 0.15) is 11.8 Å². The van der Waals surface area contributed by atoms with E-state index in [9.17, 15) is 26.7 Å². The molecule has 2 N–H and O–H groups in total. The average molecular weight is 320 g/mol. The van der Waals surface area contributed by atoms with E-state index in [0.29, 0.717) is 0 Å². The Hall–Kier alpha value is -1.41. The van der Waals surface area contributed by atoms with E-state index < -0.39 is 29.7 Å². The summed E-state index contributed by atoms with van der Waals surface area (Å²) in [5, 5.41) is 0. The van der Waals surface area contributed by atoms with Crippen LogP contribution in [0.3, 0.4) is 0 Å². The lowest BCUT2D eigenvalue weighted by atomic mass is 10.0. The van der Waals surface area contributed by atoms with Crippen LogP contribution in [0.2, 0.25) is 0 Å². The van der Waals surface area contributed by atoms with Crippen molar-refractivity contribution in [3.05, 3.63) is 29.8 Å². The molecule has 0 aliphatic carbocycles. The normalized spacial score (nSPS) is 13.3. The van der Waals surface area contributed by atoms with E-state index in [1.165, 1.54) is 12.1 Å². The summed E-state index contributed by atoms with van der Waals surface area (Å²) in [5.41, 5.74) is 4.46. The molecule has 0 unspecified atom stereocenters. The number of ether oxygens (including phenoxy) is 1. The lowest BCUT2D eigenvalue weighted by Gasteiger charge is -2.26. The summed E-state index contributed by atoms with van der Waals surface area (Å²) in [5.74, 6) is -5.96. The van der Waals surface area contributed by atoms with Gasteiger partial charge in [0.05, 0.1) is 0 Å². The zero-order chi connectivity index (χ0) is 14.8. The Kier molecular flexibility index (Phi) is 5.91. The molecule has 0 saturated carbocycles. The molecule has 0 bridgehead atoms. The Balaban J connectivity index is 0.00000361. The fourth-order valence-electron chi connectivity index (χ4n) is 1.32. The molecule has 9 heteroatoms. The van der Waals surface area contributed by atoms with Gasteiger partial charge in [-0.1, -0.05) is 12.1 Å². The van der Waals surface area contributed by atoms with Crippen molar-refractivity contribution in [1.82, 2.24) is 0 Å². The molecule has 1 aromatic rings. The minimum Gasteiger partial charge on any atom is -0.427 e. The summed E-state index contributed by atoms with van der Waals surface area (Å²) >= 11 is 0. The number of benzene rings is 1. The van der Waals surface area contributed by atoms with E-state index in [4.69, 9.17) is 5.73 Å². The molecule has 3 nitrogen and oxygen atoms in total. The van der Waals surface area contributed by atoms with Crippen LogP contribution >= 0.6 is 12.4 Å². The summed E-state index contributed by atoms with van der Waals surface area (Å²) in [6, 6.07) is 1.69. The Morgan fingerprint density at radius 2 is 1.80 bits per heavy atom. The first kappa shape index (κ1) is 18.6. The maximum atomic E-state index is 13.0. The van der Waals surface area contributed by atoms with Crippen molar-refractivity contribution in [2.75, 3.05) is 0 Å². The molecule has 0 spiro atoms. The van der Waals surface area contributed by atoms with E-state index in [2.05, 4.69) is 4.74 Å². The molecular weight excluding hydrogens is 309 g/mol. The molecule has 20 heavy (non-hydrogen) atoms. The number of hydrogen-bond donors (Lipinski definition) is 1. The van der Waals surface area contributed by atoms with Crippen molar-refractivity contribution in [2.24, 2.45) is 5.73 Å². The molecule has 0 fully saturated rings. The van der Waals surface area contributed by atoms with Gasteiger partial charge in [-0.2, -0.15) is 22.0 Å². The molecule has 0 amide bonds.